The van der Waals surface area contributed by atoms with Gasteiger partial charge in [0, 0.05) is 24.0 Å². The highest BCUT2D eigenvalue weighted by molar-refractivity contribution is 5.89. The van der Waals surface area contributed by atoms with Crippen molar-refractivity contribution in [2.24, 2.45) is 0 Å². The Labute approximate surface area is 146 Å². The van der Waals surface area contributed by atoms with Crippen molar-refractivity contribution in [2.75, 3.05) is 5.32 Å². The van der Waals surface area contributed by atoms with Crippen LogP contribution in [0.15, 0.2) is 65.6 Å². The maximum Gasteiger partial charge on any atom is 0.416 e. The van der Waals surface area contributed by atoms with Crippen molar-refractivity contribution in [2.45, 2.75) is 12.7 Å². The highest BCUT2D eigenvalue weighted by Crippen LogP contribution is 2.29. The molecule has 2 N–H and O–H groups in total. The number of halogens is 3. The summed E-state index contributed by atoms with van der Waals surface area (Å²) in [5.74, 6) is 0. The van der Waals surface area contributed by atoms with Crippen LogP contribution < -0.4 is 10.6 Å². The van der Waals surface area contributed by atoms with Gasteiger partial charge in [-0.05, 0) is 42.0 Å². The fourth-order valence-electron chi connectivity index (χ4n) is 2.21. The molecule has 0 spiro atoms. The number of alkyl halides is 3. The van der Waals surface area contributed by atoms with Crippen molar-refractivity contribution in [3.8, 4) is 11.3 Å². The number of urea groups is 1. The lowest BCUT2D eigenvalue weighted by molar-refractivity contribution is -0.137. The van der Waals surface area contributed by atoms with Crippen molar-refractivity contribution < 1.29 is 22.4 Å². The Balaban J connectivity index is 1.52. The summed E-state index contributed by atoms with van der Waals surface area (Å²) in [6.07, 6.45) is 0.354. The molecule has 0 aliphatic rings. The third-order valence-corrected chi connectivity index (χ3v) is 3.56. The lowest BCUT2D eigenvalue weighted by Crippen LogP contribution is -2.28. The van der Waals surface area contributed by atoms with E-state index in [1.807, 2.05) is 6.07 Å². The monoisotopic (exact) mass is 361 g/mol. The van der Waals surface area contributed by atoms with E-state index in [1.54, 1.807) is 30.9 Å². The van der Waals surface area contributed by atoms with Crippen molar-refractivity contribution in [3.05, 3.63) is 72.3 Å². The molecule has 5 nitrogen and oxygen atoms in total. The van der Waals surface area contributed by atoms with Gasteiger partial charge in [-0.25, -0.2) is 4.79 Å². The highest BCUT2D eigenvalue weighted by Gasteiger charge is 2.29. The Kier molecular flexibility index (Phi) is 4.92. The van der Waals surface area contributed by atoms with Gasteiger partial charge in [-0.1, -0.05) is 6.07 Å². The molecular weight excluding hydrogens is 347 g/mol. The zero-order chi connectivity index (χ0) is 18.6. The molecule has 2 heterocycles. The van der Waals surface area contributed by atoms with Crippen LogP contribution in [0.25, 0.3) is 11.3 Å². The molecule has 0 saturated carbocycles. The van der Waals surface area contributed by atoms with Gasteiger partial charge in [0.25, 0.3) is 0 Å². The fourth-order valence-corrected chi connectivity index (χ4v) is 2.21. The van der Waals surface area contributed by atoms with E-state index in [0.29, 0.717) is 0 Å². The Hall–Kier alpha value is -3.29. The number of hydrogen-bond acceptors (Lipinski definition) is 3. The van der Waals surface area contributed by atoms with Gasteiger partial charge >= 0.3 is 12.2 Å². The van der Waals surface area contributed by atoms with Crippen LogP contribution in [0.2, 0.25) is 0 Å². The van der Waals surface area contributed by atoms with E-state index >= 15 is 0 Å². The molecule has 0 atom stereocenters. The van der Waals surface area contributed by atoms with Gasteiger partial charge in [-0.3, -0.25) is 4.98 Å². The third kappa shape index (κ3) is 4.41. The first kappa shape index (κ1) is 17.5. The number of nitrogens with one attached hydrogen (secondary N) is 2. The van der Waals surface area contributed by atoms with Gasteiger partial charge in [0.05, 0.1) is 23.8 Å². The summed E-state index contributed by atoms with van der Waals surface area (Å²) >= 11 is 0. The summed E-state index contributed by atoms with van der Waals surface area (Å²) < 4.78 is 42.5. The second-order valence-corrected chi connectivity index (χ2v) is 5.45. The molecule has 2 aromatic heterocycles. The summed E-state index contributed by atoms with van der Waals surface area (Å²) in [6.45, 7) is 0.227. The minimum atomic E-state index is -4.41. The number of anilines is 1. The predicted molar refractivity (Wildman–Crippen MR) is 89.2 cm³/mol. The minimum Gasteiger partial charge on any atom is -0.472 e. The number of nitrogens with zero attached hydrogens (tertiary/aromatic N) is 1. The zero-order valence-electron chi connectivity index (χ0n) is 13.4. The lowest BCUT2D eigenvalue weighted by atomic mass is 10.2. The number of pyridine rings is 1. The summed E-state index contributed by atoms with van der Waals surface area (Å²) in [5.41, 5.74) is 1.87. The molecule has 0 aliphatic heterocycles. The summed E-state index contributed by atoms with van der Waals surface area (Å²) in [6, 6.07) is 9.10. The zero-order valence-corrected chi connectivity index (χ0v) is 13.4. The van der Waals surface area contributed by atoms with Crippen LogP contribution in [0.5, 0.6) is 0 Å². The van der Waals surface area contributed by atoms with E-state index < -0.39 is 17.8 Å². The third-order valence-electron chi connectivity index (χ3n) is 3.56. The van der Waals surface area contributed by atoms with E-state index in [0.717, 1.165) is 29.0 Å². The average Bonchev–Trinajstić information content (AvgIpc) is 3.15. The first-order valence-corrected chi connectivity index (χ1v) is 7.61. The quantitative estimate of drug-likeness (QED) is 0.709. The maximum absolute atomic E-state index is 12.5. The van der Waals surface area contributed by atoms with E-state index in [4.69, 9.17) is 4.42 Å². The van der Waals surface area contributed by atoms with Crippen LogP contribution in [0.4, 0.5) is 23.7 Å². The van der Waals surface area contributed by atoms with E-state index in [-0.39, 0.29) is 12.2 Å². The molecule has 8 heteroatoms. The van der Waals surface area contributed by atoms with Crippen LogP contribution in [0.3, 0.4) is 0 Å². The second-order valence-electron chi connectivity index (χ2n) is 5.45. The number of rotatable bonds is 4. The number of amides is 2. The molecular formula is C18H14F3N3O2. The second kappa shape index (κ2) is 7.30. The largest absolute Gasteiger partial charge is 0.472 e. The summed E-state index contributed by atoms with van der Waals surface area (Å²) in [4.78, 5) is 16.1. The molecule has 2 amide bonds. The molecule has 3 aromatic rings. The average molecular weight is 361 g/mol. The summed E-state index contributed by atoms with van der Waals surface area (Å²) in [7, 11) is 0. The smallest absolute Gasteiger partial charge is 0.416 e. The number of carbonyl (C=O) groups excluding carboxylic acids is 1. The van der Waals surface area contributed by atoms with Gasteiger partial charge in [0.15, 0.2) is 0 Å². The lowest BCUT2D eigenvalue weighted by Gasteiger charge is -2.10. The Morgan fingerprint density at radius 2 is 1.85 bits per heavy atom. The minimum absolute atomic E-state index is 0.227. The molecule has 0 fully saturated rings. The molecule has 0 aliphatic carbocycles. The molecule has 0 saturated heterocycles. The van der Waals surface area contributed by atoms with E-state index in [1.165, 1.54) is 12.1 Å². The molecule has 134 valence electrons. The van der Waals surface area contributed by atoms with Crippen LogP contribution in [-0.4, -0.2) is 11.0 Å². The standard InChI is InChI=1S/C18H14F3N3O2/c19-18(20,21)14-2-4-15(5-3-14)24-17(25)23-10-12-1-6-16(22-9-12)13-7-8-26-11-13/h1-9,11H,10H2,(H2,23,24,25). The number of aromatic nitrogens is 1. The van der Waals surface area contributed by atoms with E-state index in [2.05, 4.69) is 15.6 Å². The van der Waals surface area contributed by atoms with Gasteiger partial charge < -0.3 is 15.1 Å². The van der Waals surface area contributed by atoms with Crippen LogP contribution >= 0.6 is 0 Å². The van der Waals surface area contributed by atoms with Gasteiger partial charge in [-0.2, -0.15) is 13.2 Å². The van der Waals surface area contributed by atoms with Crippen molar-refractivity contribution in [3.63, 3.8) is 0 Å². The molecule has 0 bridgehead atoms. The molecule has 3 rings (SSSR count). The molecule has 26 heavy (non-hydrogen) atoms. The Morgan fingerprint density at radius 1 is 1.08 bits per heavy atom. The Morgan fingerprint density at radius 3 is 2.42 bits per heavy atom. The van der Waals surface area contributed by atoms with Crippen molar-refractivity contribution in [1.82, 2.24) is 10.3 Å². The summed E-state index contributed by atoms with van der Waals surface area (Å²) in [5, 5.41) is 5.09. The number of carbonyl (C=O) groups is 1. The molecule has 0 radical (unpaired) electrons. The number of furan rings is 1. The van der Waals surface area contributed by atoms with Gasteiger partial charge in [-0.15, -0.1) is 0 Å². The first-order chi connectivity index (χ1) is 12.4. The van der Waals surface area contributed by atoms with E-state index in [9.17, 15) is 18.0 Å². The normalized spacial score (nSPS) is 11.2. The molecule has 0 unspecified atom stereocenters. The van der Waals surface area contributed by atoms with Gasteiger partial charge in [0.1, 0.15) is 0 Å². The maximum atomic E-state index is 12.5. The highest BCUT2D eigenvalue weighted by atomic mass is 19.4. The SMILES string of the molecule is O=C(NCc1ccc(-c2ccoc2)nc1)Nc1ccc(C(F)(F)F)cc1. The van der Waals surface area contributed by atoms with Crippen LogP contribution in [-0.2, 0) is 12.7 Å². The fraction of sp³-hybridized carbons (Fsp3) is 0.111. The molecule has 1 aromatic carbocycles. The Bertz CT molecular complexity index is 858. The van der Waals surface area contributed by atoms with Gasteiger partial charge in [0.2, 0.25) is 0 Å². The number of benzene rings is 1. The van der Waals surface area contributed by atoms with Crippen molar-refractivity contribution in [1.29, 1.82) is 0 Å². The van der Waals surface area contributed by atoms with Crippen molar-refractivity contribution >= 4 is 11.7 Å². The predicted octanol–water partition coefficient (Wildman–Crippen LogP) is 4.68. The number of hydrogen-bond donors (Lipinski definition) is 2. The topological polar surface area (TPSA) is 67.2 Å². The first-order valence-electron chi connectivity index (χ1n) is 7.61. The van der Waals surface area contributed by atoms with Crippen LogP contribution in [0, 0.1) is 0 Å². The van der Waals surface area contributed by atoms with Crippen LogP contribution in [0.1, 0.15) is 11.1 Å².